The van der Waals surface area contributed by atoms with Crippen LogP contribution in [-0.4, -0.2) is 67.4 Å². The first-order valence-electron chi connectivity index (χ1n) is 34.6. The minimum Gasteiger partial charge on any atom is -0.507 e. The number of ketones is 1. The molecule has 3 aromatic heterocycles. The van der Waals surface area contributed by atoms with E-state index in [2.05, 4.69) is 124 Å². The number of rotatable bonds is 10. The van der Waals surface area contributed by atoms with E-state index in [1.807, 2.05) is 44.6 Å². The number of aliphatic imine (C=N–C) groups is 1. The van der Waals surface area contributed by atoms with Crippen LogP contribution in [0.2, 0.25) is 0 Å². The molecule has 10 nitrogen and oxygen atoms in total. The normalized spacial score (nSPS) is 34.1. The number of nitrogens with one attached hydrogen (secondary N) is 3. The minimum atomic E-state index is -1.28. The number of carbonyl (C=O) groups is 1. The highest BCUT2D eigenvalue weighted by molar-refractivity contribution is 7.23. The number of imidazole rings is 1. The number of aliphatic hydroxyl groups excluding tert-OH is 1. The molecule has 16 rings (SSSR count). The number of aromatic hydroxyl groups is 1. The molecule has 8 aliphatic carbocycles. The van der Waals surface area contributed by atoms with Crippen molar-refractivity contribution in [2.24, 2.45) is 62.5 Å². The highest BCUT2D eigenvalue weighted by atomic mass is 32.1. The van der Waals surface area contributed by atoms with Crippen LogP contribution in [0.3, 0.4) is 0 Å². The fraction of sp³-hybridized carbons (Fsp3) is 0.506. The Morgan fingerprint density at radius 1 is 0.890 bits per heavy atom. The predicted molar refractivity (Wildman–Crippen MR) is 366 cm³/mol. The van der Waals surface area contributed by atoms with Gasteiger partial charge in [-0.3, -0.25) is 4.79 Å². The van der Waals surface area contributed by atoms with E-state index in [9.17, 15) is 15.3 Å². The maximum absolute atomic E-state index is 16.6. The van der Waals surface area contributed by atoms with E-state index in [0.717, 1.165) is 137 Å². The quantitative estimate of drug-likeness (QED) is 0.0234. The third kappa shape index (κ3) is 9.87. The Balaban J connectivity index is 0.970. The summed E-state index contributed by atoms with van der Waals surface area (Å²) in [4.78, 5) is 34.8. The summed E-state index contributed by atoms with van der Waals surface area (Å²) in [6.07, 6.45) is 33.2. The van der Waals surface area contributed by atoms with E-state index in [4.69, 9.17) is 15.7 Å². The molecule has 5 fully saturated rings. The lowest BCUT2D eigenvalue weighted by Gasteiger charge is -2.57. The van der Waals surface area contributed by atoms with Crippen LogP contribution >= 0.6 is 22.7 Å². The largest absolute Gasteiger partial charge is 0.507 e. The predicted octanol–water partition coefficient (Wildman–Crippen LogP) is 15.4. The third-order valence-electron chi connectivity index (χ3n) is 25.3. The van der Waals surface area contributed by atoms with Crippen molar-refractivity contribution in [3.8, 4) is 39.2 Å². The lowest BCUT2D eigenvalue weighted by Crippen LogP contribution is -2.54. The molecule has 91 heavy (non-hydrogen) atoms. The van der Waals surface area contributed by atoms with Gasteiger partial charge in [-0.1, -0.05) is 136 Å². The van der Waals surface area contributed by atoms with Crippen LogP contribution < -0.4 is 16.4 Å². The van der Waals surface area contributed by atoms with Crippen LogP contribution in [-0.2, 0) is 18.3 Å². The van der Waals surface area contributed by atoms with Gasteiger partial charge in [0.1, 0.15) is 5.75 Å². The Morgan fingerprint density at radius 2 is 1.71 bits per heavy atom. The summed E-state index contributed by atoms with van der Waals surface area (Å²) in [5, 5.41) is 45.9. The van der Waals surface area contributed by atoms with Crippen LogP contribution in [0.1, 0.15) is 207 Å². The van der Waals surface area contributed by atoms with Crippen molar-refractivity contribution in [2.75, 3.05) is 11.9 Å². The van der Waals surface area contributed by atoms with Gasteiger partial charge in [0.15, 0.2) is 11.7 Å². The van der Waals surface area contributed by atoms with Gasteiger partial charge in [0.05, 0.1) is 45.0 Å². The maximum atomic E-state index is 16.6. The number of fused-ring (bicyclic) bond motifs is 5. The highest BCUT2D eigenvalue weighted by Gasteiger charge is 2.72. The van der Waals surface area contributed by atoms with Gasteiger partial charge in [0.25, 0.3) is 0 Å². The summed E-state index contributed by atoms with van der Waals surface area (Å²) in [6, 6.07) is 28.3. The first kappa shape index (κ1) is 59.4. The average Bonchev–Trinajstić information content (AvgIpc) is 1.53. The van der Waals surface area contributed by atoms with Gasteiger partial charge in [0, 0.05) is 75.4 Å². The Morgan fingerprint density at radius 3 is 2.53 bits per heavy atom. The zero-order valence-corrected chi connectivity index (χ0v) is 54.5. The summed E-state index contributed by atoms with van der Waals surface area (Å²) in [7, 11) is 0. The van der Waals surface area contributed by atoms with E-state index < -0.39 is 22.5 Å². The molecule has 0 saturated heterocycles. The maximum Gasteiger partial charge on any atom is 0.189 e. The number of aromatic amines is 1. The number of anilines is 1. The molecule has 14 atom stereocenters. The molecule has 2 aliphatic heterocycles. The molecule has 0 unspecified atom stereocenters. The van der Waals surface area contributed by atoms with Crippen molar-refractivity contribution >= 4 is 46.2 Å². The smallest absolute Gasteiger partial charge is 0.189 e. The lowest BCUT2D eigenvalue weighted by atomic mass is 9.46. The molecular weight excluding hydrogens is 1160 g/mol. The summed E-state index contributed by atoms with van der Waals surface area (Å²) in [5.74, 6) is 15.2. The number of guanidine groups is 1. The van der Waals surface area contributed by atoms with Crippen LogP contribution in [0, 0.1) is 75.4 Å². The van der Waals surface area contributed by atoms with E-state index >= 15 is 4.79 Å². The van der Waals surface area contributed by atoms with Gasteiger partial charge in [-0.05, 0) is 195 Å². The standard InChI is InChI=1S/C79H88N6O4S2/c1-3-15-54-23-27-64(90-54)65-28-29-66(91-65)73(88)61-32-37-77-36-31-60-71(78(46-79(60,61)45-77)35-14-19-52(78)44-86)58-25-24-55-49(40-68(77)85-74(80)83-53-20-9-5-10-21-53)39-63(87)56-26-30-67(84-72(55)56)75(2,89)41-48-16-13-22-57-69(48)59(62-43-81-47-82-62)38-50(70(57)58)42-76(33-11-6-12-34-76)51-17-7-4-8-18-51/h4,7-8,13,16-18,22-23,26-31,36,39,43,47,50,52-53,58-61,67-68,70-71,84,86-87,89H,5-6,9-12,14,19-21,32-35,37-38,40-42,44-46H2,1-2H3,(H,81,82)(H3,80,83,85)/t50-,52+,58-,59+,60-,61-,67+,68+,70+,71-,75-,77-,78+,79+/m0/s1. The number of allylic oxidation sites excluding steroid dienone is 1. The molecule has 5 saturated carbocycles. The number of hydrogen-bond acceptors (Lipinski definition) is 9. The second-order valence-corrected chi connectivity index (χ2v) is 32.2. The number of nitrogens with two attached hydrogens (primary N) is 1. The molecular formula is C79H88N6O4S2. The monoisotopic (exact) mass is 1250 g/mol. The Bertz CT molecular complexity index is 4010. The zero-order valence-electron chi connectivity index (χ0n) is 52.9. The fourth-order valence-electron chi connectivity index (χ4n) is 21.6. The SMILES string of the molecule is CC#Cc1ccc(-c2ccc(C(=O)[C@@H]3CC[C@]45C=C[C@H]6[C@H]([C@H]7C#Cc8c(cc(O)c9c8N[C@H](C=C9)[C@@](C)(O)Cc8cccc9c8[C@@H](c8cnc[nH]8)C[C@@H](CC8(c%10ccccc%10)CCCCC8)[C@H]97)C[C@H]4N=C(N)NC4CCCCC4)[C@]4(CCC[C@@H]4CO)C[C@@]36C5)s2)s1. The molecule has 8 N–H and O–H groups in total. The summed E-state index contributed by atoms with van der Waals surface area (Å²) >= 11 is 3.32. The third-order valence-corrected chi connectivity index (χ3v) is 27.6. The van der Waals surface area contributed by atoms with Gasteiger partial charge in [-0.15, -0.1) is 28.6 Å². The number of phenols is 1. The zero-order chi connectivity index (χ0) is 61.9. The molecule has 470 valence electrons. The summed E-state index contributed by atoms with van der Waals surface area (Å²) in [5.41, 5.74) is 14.0. The van der Waals surface area contributed by atoms with E-state index in [-0.39, 0.29) is 88.4 Å². The Kier molecular flexibility index (Phi) is 15.1. The van der Waals surface area contributed by atoms with Crippen molar-refractivity contribution in [2.45, 2.75) is 190 Å². The van der Waals surface area contributed by atoms with Gasteiger partial charge < -0.3 is 36.7 Å². The Labute approximate surface area is 545 Å². The number of H-pyrrole nitrogens is 1. The first-order valence-corrected chi connectivity index (χ1v) is 36.2. The van der Waals surface area contributed by atoms with Gasteiger partial charge in [0.2, 0.25) is 0 Å². The van der Waals surface area contributed by atoms with Crippen molar-refractivity contribution in [1.82, 2.24) is 15.3 Å². The molecule has 11 bridgehead atoms. The van der Waals surface area contributed by atoms with E-state index in [1.54, 1.807) is 22.7 Å². The van der Waals surface area contributed by atoms with Crippen LogP contribution in [0.5, 0.6) is 5.75 Å². The number of Topliss-reactive ketones (excluding diaryl/α,β-unsaturated/α-hetero) is 1. The molecule has 0 radical (unpaired) electrons. The van der Waals surface area contributed by atoms with Gasteiger partial charge >= 0.3 is 0 Å². The lowest BCUT2D eigenvalue weighted by molar-refractivity contribution is -0.0196. The molecule has 3 spiro atoms. The number of benzene rings is 3. The molecule has 0 amide bonds. The molecule has 12 heteroatoms. The Hall–Kier alpha value is -6.67. The van der Waals surface area contributed by atoms with Crippen LogP contribution in [0.4, 0.5) is 5.69 Å². The second kappa shape index (κ2) is 23.1. The molecule has 10 aliphatic rings. The van der Waals surface area contributed by atoms with Crippen molar-refractivity contribution < 1.29 is 20.1 Å². The highest BCUT2D eigenvalue weighted by Crippen LogP contribution is 2.77. The van der Waals surface area contributed by atoms with Crippen molar-refractivity contribution in [1.29, 1.82) is 0 Å². The molecule has 5 heterocycles. The average molecular weight is 1250 g/mol. The summed E-state index contributed by atoms with van der Waals surface area (Å²) in [6.45, 7) is 3.93. The van der Waals surface area contributed by atoms with Crippen LogP contribution in [0.15, 0.2) is 115 Å². The first-order chi connectivity index (χ1) is 44.3. The second-order valence-electron chi connectivity index (χ2n) is 30.0. The topological polar surface area (TPSA) is 169 Å². The minimum absolute atomic E-state index is 0.00505. The molecule has 6 aromatic rings. The van der Waals surface area contributed by atoms with Gasteiger partial charge in [-0.2, -0.15) is 0 Å². The number of nitrogens with zero attached hydrogens (tertiary/aromatic N) is 2. The van der Waals surface area contributed by atoms with Crippen molar-refractivity contribution in [3.63, 3.8) is 0 Å². The number of thiophene rings is 2. The molecule has 3 aromatic carbocycles. The van der Waals surface area contributed by atoms with Crippen molar-refractivity contribution in [3.05, 3.63) is 164 Å². The van der Waals surface area contributed by atoms with E-state index in [0.29, 0.717) is 30.8 Å². The fourth-order valence-corrected chi connectivity index (χ4v) is 23.6. The van der Waals surface area contributed by atoms with Crippen LogP contribution in [0.25, 0.3) is 15.8 Å². The van der Waals surface area contributed by atoms with Gasteiger partial charge in [-0.25, -0.2) is 9.98 Å². The number of carbonyl (C=O) groups excluding carboxylic acids is 1. The summed E-state index contributed by atoms with van der Waals surface area (Å²) < 4.78 is 0. The number of phenolic OH excluding ortho intramolecular Hbond substituents is 1. The number of aromatic nitrogens is 2. The number of aliphatic hydroxyl groups is 2. The number of hydrogen-bond donors (Lipinski definition) is 7. The van der Waals surface area contributed by atoms with E-state index in [1.165, 1.54) is 42.4 Å².